The van der Waals surface area contributed by atoms with Crippen LogP contribution in [0.3, 0.4) is 0 Å². The minimum absolute atomic E-state index is 0.0505. The first-order valence-corrected chi connectivity index (χ1v) is 7.53. The van der Waals surface area contributed by atoms with Crippen LogP contribution in [0.15, 0.2) is 24.3 Å². The van der Waals surface area contributed by atoms with Gasteiger partial charge in [0.2, 0.25) is 0 Å². The van der Waals surface area contributed by atoms with Crippen LogP contribution in [-0.4, -0.2) is 50.1 Å². The maximum Gasteiger partial charge on any atom is 0.337 e. The van der Waals surface area contributed by atoms with E-state index in [1.807, 2.05) is 6.92 Å². The van der Waals surface area contributed by atoms with Crippen molar-refractivity contribution in [1.29, 1.82) is 0 Å². The van der Waals surface area contributed by atoms with E-state index in [1.165, 1.54) is 14.2 Å². The predicted octanol–water partition coefficient (Wildman–Crippen LogP) is 1.74. The molecule has 0 unspecified atom stereocenters. The number of ether oxygens (including phenoxy) is 2. The second-order valence-electron chi connectivity index (χ2n) is 5.72. The predicted molar refractivity (Wildman–Crippen MR) is 83.0 cm³/mol. The minimum Gasteiger partial charge on any atom is -0.469 e. The van der Waals surface area contributed by atoms with Crippen LogP contribution < -0.4 is 0 Å². The lowest BCUT2D eigenvalue weighted by molar-refractivity contribution is -0.148. The number of benzene rings is 1. The second kappa shape index (κ2) is 7.26. The van der Waals surface area contributed by atoms with E-state index in [4.69, 9.17) is 4.74 Å². The number of amides is 1. The summed E-state index contributed by atoms with van der Waals surface area (Å²) in [5.41, 5.74) is 0.920. The molecule has 2 atom stereocenters. The summed E-state index contributed by atoms with van der Waals surface area (Å²) in [5.74, 6) is -0.861. The highest BCUT2D eigenvalue weighted by atomic mass is 16.5. The van der Waals surface area contributed by atoms with Gasteiger partial charge in [-0.05, 0) is 36.6 Å². The SMILES string of the molecule is COC(=O)c1ccc(C(=O)N2CC[C@@H](C(=O)OC)[C@H](C)C2)cc1. The van der Waals surface area contributed by atoms with Gasteiger partial charge in [0.25, 0.3) is 5.91 Å². The smallest absolute Gasteiger partial charge is 0.337 e. The average molecular weight is 319 g/mol. The van der Waals surface area contributed by atoms with E-state index in [-0.39, 0.29) is 23.7 Å². The quantitative estimate of drug-likeness (QED) is 0.794. The van der Waals surface area contributed by atoms with Crippen molar-refractivity contribution in [3.63, 3.8) is 0 Å². The third-order valence-electron chi connectivity index (χ3n) is 4.25. The highest BCUT2D eigenvalue weighted by Gasteiger charge is 2.34. The zero-order chi connectivity index (χ0) is 17.0. The molecule has 0 bridgehead atoms. The Labute approximate surface area is 135 Å². The largest absolute Gasteiger partial charge is 0.469 e. The van der Waals surface area contributed by atoms with Crippen molar-refractivity contribution in [2.24, 2.45) is 11.8 Å². The van der Waals surface area contributed by atoms with E-state index in [0.717, 1.165) is 0 Å². The maximum atomic E-state index is 12.5. The van der Waals surface area contributed by atoms with Gasteiger partial charge in [-0.1, -0.05) is 6.92 Å². The van der Waals surface area contributed by atoms with Crippen LogP contribution in [-0.2, 0) is 14.3 Å². The van der Waals surface area contributed by atoms with E-state index >= 15 is 0 Å². The van der Waals surface area contributed by atoms with Gasteiger partial charge in [-0.15, -0.1) is 0 Å². The van der Waals surface area contributed by atoms with Crippen LogP contribution in [0.1, 0.15) is 34.1 Å². The summed E-state index contributed by atoms with van der Waals surface area (Å²) in [4.78, 5) is 37.4. The van der Waals surface area contributed by atoms with Crippen molar-refractivity contribution >= 4 is 17.8 Å². The molecule has 1 aliphatic rings. The number of likely N-dealkylation sites (tertiary alicyclic amines) is 1. The molecule has 1 heterocycles. The van der Waals surface area contributed by atoms with E-state index in [2.05, 4.69) is 4.74 Å². The Morgan fingerprint density at radius 2 is 1.65 bits per heavy atom. The summed E-state index contributed by atoms with van der Waals surface area (Å²) >= 11 is 0. The van der Waals surface area contributed by atoms with Crippen molar-refractivity contribution in [3.8, 4) is 0 Å². The Kier molecular flexibility index (Phi) is 5.36. The molecule has 1 aromatic rings. The van der Waals surface area contributed by atoms with Crippen molar-refractivity contribution in [2.75, 3.05) is 27.3 Å². The molecular weight excluding hydrogens is 298 g/mol. The minimum atomic E-state index is -0.434. The number of rotatable bonds is 3. The van der Waals surface area contributed by atoms with Gasteiger partial charge >= 0.3 is 11.9 Å². The van der Waals surface area contributed by atoms with E-state index in [1.54, 1.807) is 29.2 Å². The summed E-state index contributed by atoms with van der Waals surface area (Å²) in [5, 5.41) is 0. The fourth-order valence-corrected chi connectivity index (χ4v) is 2.88. The lowest BCUT2D eigenvalue weighted by atomic mass is 9.86. The number of nitrogens with zero attached hydrogens (tertiary/aromatic N) is 1. The third-order valence-corrected chi connectivity index (χ3v) is 4.25. The summed E-state index contributed by atoms with van der Waals surface area (Å²) in [6, 6.07) is 6.38. The van der Waals surface area contributed by atoms with Crippen LogP contribution in [0.25, 0.3) is 0 Å². The number of carbonyl (C=O) groups excluding carboxylic acids is 3. The first-order valence-electron chi connectivity index (χ1n) is 7.53. The van der Waals surface area contributed by atoms with E-state index < -0.39 is 5.97 Å². The average Bonchev–Trinajstić information content (AvgIpc) is 2.59. The number of methoxy groups -OCH3 is 2. The first kappa shape index (κ1) is 17.0. The molecule has 0 aromatic heterocycles. The Balaban J connectivity index is 2.04. The molecule has 0 spiro atoms. The van der Waals surface area contributed by atoms with Gasteiger partial charge in [-0.25, -0.2) is 4.79 Å². The van der Waals surface area contributed by atoms with Gasteiger partial charge in [0.1, 0.15) is 0 Å². The first-order chi connectivity index (χ1) is 11.0. The van der Waals surface area contributed by atoms with Gasteiger partial charge in [0.05, 0.1) is 25.7 Å². The molecule has 2 rings (SSSR count). The Hall–Kier alpha value is -2.37. The molecule has 0 aliphatic carbocycles. The van der Waals surface area contributed by atoms with Gasteiger partial charge in [0.15, 0.2) is 0 Å². The molecule has 1 fully saturated rings. The molecule has 0 N–H and O–H groups in total. The van der Waals surface area contributed by atoms with Gasteiger partial charge in [-0.2, -0.15) is 0 Å². The summed E-state index contributed by atoms with van der Waals surface area (Å²) in [6.07, 6.45) is 0.597. The molecule has 1 aromatic carbocycles. The lowest BCUT2D eigenvalue weighted by Crippen LogP contribution is -2.45. The zero-order valence-corrected chi connectivity index (χ0v) is 13.6. The Bertz CT molecular complexity index is 596. The summed E-state index contributed by atoms with van der Waals surface area (Å²) in [7, 11) is 2.70. The molecule has 124 valence electrons. The Morgan fingerprint density at radius 3 is 2.17 bits per heavy atom. The molecule has 6 nitrogen and oxygen atoms in total. The summed E-state index contributed by atoms with van der Waals surface area (Å²) in [6.45, 7) is 2.97. The van der Waals surface area contributed by atoms with Crippen LogP contribution in [0.5, 0.6) is 0 Å². The standard InChI is InChI=1S/C17H21NO5/c1-11-10-18(9-8-14(11)17(21)23-3)15(19)12-4-6-13(7-5-12)16(20)22-2/h4-7,11,14H,8-10H2,1-3H3/t11-,14-/m1/s1. The molecule has 0 radical (unpaired) electrons. The van der Waals surface area contributed by atoms with Gasteiger partial charge in [0, 0.05) is 18.7 Å². The monoisotopic (exact) mass is 319 g/mol. The van der Waals surface area contributed by atoms with Crippen molar-refractivity contribution in [3.05, 3.63) is 35.4 Å². The zero-order valence-electron chi connectivity index (χ0n) is 13.6. The van der Waals surface area contributed by atoms with Crippen molar-refractivity contribution < 1.29 is 23.9 Å². The van der Waals surface area contributed by atoms with Crippen LogP contribution in [0.2, 0.25) is 0 Å². The van der Waals surface area contributed by atoms with Crippen LogP contribution >= 0.6 is 0 Å². The number of piperidine rings is 1. The highest BCUT2D eigenvalue weighted by molar-refractivity contribution is 5.96. The van der Waals surface area contributed by atoms with Gasteiger partial charge in [-0.3, -0.25) is 9.59 Å². The topological polar surface area (TPSA) is 72.9 Å². The molecule has 1 amide bonds. The van der Waals surface area contributed by atoms with Crippen molar-refractivity contribution in [2.45, 2.75) is 13.3 Å². The maximum absolute atomic E-state index is 12.5. The molecular formula is C17H21NO5. The van der Waals surface area contributed by atoms with Crippen LogP contribution in [0, 0.1) is 11.8 Å². The fraction of sp³-hybridized carbons (Fsp3) is 0.471. The second-order valence-corrected chi connectivity index (χ2v) is 5.72. The number of esters is 2. The molecule has 23 heavy (non-hydrogen) atoms. The highest BCUT2D eigenvalue weighted by Crippen LogP contribution is 2.25. The molecule has 6 heteroatoms. The van der Waals surface area contributed by atoms with E-state index in [9.17, 15) is 14.4 Å². The number of hydrogen-bond donors (Lipinski definition) is 0. The fourth-order valence-electron chi connectivity index (χ4n) is 2.88. The third kappa shape index (κ3) is 3.70. The number of hydrogen-bond acceptors (Lipinski definition) is 5. The lowest BCUT2D eigenvalue weighted by Gasteiger charge is -2.35. The van der Waals surface area contributed by atoms with Crippen molar-refractivity contribution in [1.82, 2.24) is 4.90 Å². The normalized spacial score (nSPS) is 20.7. The molecule has 1 aliphatic heterocycles. The summed E-state index contributed by atoms with van der Waals surface area (Å²) < 4.78 is 9.43. The molecule has 0 saturated carbocycles. The number of carbonyl (C=O) groups is 3. The Morgan fingerprint density at radius 1 is 1.04 bits per heavy atom. The van der Waals surface area contributed by atoms with Gasteiger partial charge < -0.3 is 14.4 Å². The molecule has 1 saturated heterocycles. The van der Waals surface area contributed by atoms with Crippen LogP contribution in [0.4, 0.5) is 0 Å². The van der Waals surface area contributed by atoms with E-state index in [0.29, 0.717) is 30.6 Å².